The Morgan fingerprint density at radius 3 is 1.09 bits per heavy atom. The predicted octanol–water partition coefficient (Wildman–Crippen LogP) is 17.6. The zero-order valence-corrected chi connectivity index (χ0v) is 74.5. The number of para-hydroxylation sites is 3. The molecule has 3 aromatic heterocycles. The number of nitrogens with one attached hydrogen (secondary N) is 8. The van der Waals surface area contributed by atoms with Crippen molar-refractivity contribution in [2.24, 2.45) is 5.73 Å². The van der Waals surface area contributed by atoms with Crippen molar-refractivity contribution in [3.05, 3.63) is 189 Å². The molecule has 9 rings (SSSR count). The number of terminal acetylenes is 1. The second kappa shape index (κ2) is 44.3. The summed E-state index contributed by atoms with van der Waals surface area (Å²) in [4.78, 5) is 81.5. The van der Waals surface area contributed by atoms with Crippen LogP contribution in [0.5, 0.6) is 17.2 Å². The Balaban J connectivity index is 0.000000263. The van der Waals surface area contributed by atoms with E-state index in [0.29, 0.717) is 76.1 Å². The van der Waals surface area contributed by atoms with E-state index in [1.807, 2.05) is 26.8 Å². The maximum absolute atomic E-state index is 12.8. The molecule has 634 valence electrons. The first-order chi connectivity index (χ1) is 56.4. The van der Waals surface area contributed by atoms with Gasteiger partial charge in [0.2, 0.25) is 17.8 Å². The van der Waals surface area contributed by atoms with Crippen LogP contribution < -0.4 is 78.4 Å². The lowest BCUT2D eigenvalue weighted by Gasteiger charge is -2.19. The molecule has 0 aliphatic heterocycles. The average Bonchev–Trinajstić information content (AvgIpc) is 0.809. The number of nitro benzene ring substituents is 3. The number of halogens is 4. The SMILES string of the molecule is C#CCCNC(=O)OC(C)(C)C.COc1cc(Br)c([N+](=O)[O-])cc1Nc1ncc(Cl)c(Nc2ccccc2P(C)(C)=O)n1.COc1cc(C#CCCN)c([N+](=O)[O-])cc1Nc1ncc(Cl)c(Nc2ccccc2P(C)(C)=O)n1.COc1cc(C#CCCNC(=O)OC(C)(C)C)c([N+](=O)[O-])cc1Nc1ncc(Cl)c(Nc2ccccc2P(C)(C)=O)n1. The molecule has 0 atom stereocenters. The van der Waals surface area contributed by atoms with Gasteiger partial charge in [-0.05, 0) is 134 Å². The number of anilines is 12. The molecule has 0 fully saturated rings. The van der Waals surface area contributed by atoms with Crippen molar-refractivity contribution in [2.45, 2.75) is 72.0 Å². The number of rotatable bonds is 26. The fourth-order valence-corrected chi connectivity index (χ4v) is 14.4. The van der Waals surface area contributed by atoms with E-state index >= 15 is 0 Å². The quantitative estimate of drug-likeness (QED) is 0.00799. The number of benzene rings is 6. The van der Waals surface area contributed by atoms with Crippen molar-refractivity contribution < 1.29 is 61.7 Å². The second-order valence-electron chi connectivity index (χ2n) is 28.1. The maximum Gasteiger partial charge on any atom is 0.407 e. The molecule has 0 bridgehead atoms. The Morgan fingerprint density at radius 1 is 0.483 bits per heavy atom. The minimum Gasteiger partial charge on any atom is -0.495 e. The number of carbonyl (C=O) groups is 2. The monoisotopic (exact) mass is 1820 g/mol. The normalized spacial score (nSPS) is 10.9. The molecule has 10 N–H and O–H groups in total. The molecular formula is C79H89BrCl3N18O16P3. The molecule has 34 nitrogen and oxygen atoms in total. The first-order valence-electron chi connectivity index (χ1n) is 35.8. The van der Waals surface area contributed by atoms with Gasteiger partial charge in [-0.15, -0.1) is 12.3 Å². The van der Waals surface area contributed by atoms with Crippen LogP contribution >= 0.6 is 72.2 Å². The summed E-state index contributed by atoms with van der Waals surface area (Å²) in [7, 11) is -3.45. The number of alkyl carbamates (subject to hydrolysis) is 2. The van der Waals surface area contributed by atoms with E-state index in [-0.39, 0.29) is 113 Å². The van der Waals surface area contributed by atoms with Gasteiger partial charge >= 0.3 is 12.2 Å². The lowest BCUT2D eigenvalue weighted by Crippen LogP contribution is -2.32. The molecule has 120 heavy (non-hydrogen) atoms. The third-order valence-corrected chi connectivity index (χ3v) is 21.4. The number of ether oxygens (including phenoxy) is 5. The summed E-state index contributed by atoms with van der Waals surface area (Å²) in [5.74, 6) is 15.6. The highest BCUT2D eigenvalue weighted by atomic mass is 79.9. The Kier molecular flexibility index (Phi) is 35.8. The lowest BCUT2D eigenvalue weighted by molar-refractivity contribution is -0.385. The van der Waals surface area contributed by atoms with Crippen molar-refractivity contribution in [3.63, 3.8) is 0 Å². The van der Waals surface area contributed by atoms with Crippen molar-refractivity contribution in [1.29, 1.82) is 0 Å². The Morgan fingerprint density at radius 2 is 0.792 bits per heavy atom. The van der Waals surface area contributed by atoms with Crippen LogP contribution in [0.15, 0.2) is 132 Å². The minimum absolute atomic E-state index is 0.0789. The number of nitrogens with zero attached hydrogens (tertiary/aromatic N) is 9. The van der Waals surface area contributed by atoms with E-state index in [0.717, 1.165) is 0 Å². The number of hydrogen-bond donors (Lipinski definition) is 9. The third-order valence-electron chi connectivity index (χ3n) is 15.2. The highest BCUT2D eigenvalue weighted by Crippen LogP contribution is 2.44. The van der Waals surface area contributed by atoms with Gasteiger partial charge in [-0.1, -0.05) is 94.9 Å². The van der Waals surface area contributed by atoms with E-state index in [9.17, 15) is 53.6 Å². The summed E-state index contributed by atoms with van der Waals surface area (Å²) in [5, 5.41) is 60.6. The number of carbonyl (C=O) groups excluding carboxylic acids is 2. The summed E-state index contributed by atoms with van der Waals surface area (Å²) in [5.41, 5.74) is 6.66. The Labute approximate surface area is 717 Å². The predicted molar refractivity (Wildman–Crippen MR) is 478 cm³/mol. The van der Waals surface area contributed by atoms with E-state index in [1.54, 1.807) is 127 Å². The maximum atomic E-state index is 12.8. The largest absolute Gasteiger partial charge is 0.495 e. The summed E-state index contributed by atoms with van der Waals surface area (Å²) in [6, 6.07) is 29.7. The molecule has 2 amide bonds. The van der Waals surface area contributed by atoms with Crippen LogP contribution in [-0.4, -0.2) is 149 Å². The number of amides is 2. The van der Waals surface area contributed by atoms with E-state index in [4.69, 9.17) is 70.6 Å². The van der Waals surface area contributed by atoms with Crippen LogP contribution in [0.25, 0.3) is 0 Å². The molecular weight excluding hydrogens is 1740 g/mol. The van der Waals surface area contributed by atoms with Gasteiger partial charge in [0.15, 0.2) is 17.5 Å². The first-order valence-corrected chi connectivity index (χ1v) is 45.5. The zero-order valence-electron chi connectivity index (χ0n) is 67.9. The number of nitro groups is 3. The van der Waals surface area contributed by atoms with Crippen LogP contribution in [-0.2, 0) is 23.2 Å². The molecule has 0 unspecified atom stereocenters. The van der Waals surface area contributed by atoms with Gasteiger partial charge in [0, 0.05) is 91.2 Å². The number of aromatic nitrogens is 6. The van der Waals surface area contributed by atoms with E-state index < -0.39 is 59.6 Å². The molecule has 3 heterocycles. The smallest absolute Gasteiger partial charge is 0.407 e. The molecule has 6 aromatic carbocycles. The summed E-state index contributed by atoms with van der Waals surface area (Å²) >= 11 is 22.0. The van der Waals surface area contributed by atoms with Crippen LogP contribution in [0.1, 0.15) is 71.9 Å². The Hall–Kier alpha value is -11.8. The van der Waals surface area contributed by atoms with Gasteiger partial charge in [-0.25, -0.2) is 24.5 Å². The van der Waals surface area contributed by atoms with Crippen molar-refractivity contribution in [2.75, 3.05) is 113 Å². The average molecular weight is 1830 g/mol. The number of methoxy groups -OCH3 is 3. The Bertz CT molecular complexity index is 5580. The second-order valence-corrected chi connectivity index (χ2v) is 39.8. The molecule has 0 saturated heterocycles. The van der Waals surface area contributed by atoms with Gasteiger partial charge < -0.3 is 85.6 Å². The van der Waals surface area contributed by atoms with Gasteiger partial charge in [0.1, 0.15) is 76.1 Å². The molecule has 0 aliphatic rings. The molecule has 0 radical (unpaired) electrons. The first kappa shape index (κ1) is 97.0. The summed E-state index contributed by atoms with van der Waals surface area (Å²) < 4.78 is 64.6. The number of hydrogen-bond acceptors (Lipinski definition) is 29. The van der Waals surface area contributed by atoms with Gasteiger partial charge in [-0.3, -0.25) is 30.3 Å². The van der Waals surface area contributed by atoms with Crippen LogP contribution in [0.2, 0.25) is 15.1 Å². The topological polar surface area (TPSA) is 461 Å². The highest BCUT2D eigenvalue weighted by Gasteiger charge is 2.26. The van der Waals surface area contributed by atoms with Gasteiger partial charge in [-0.2, -0.15) is 15.0 Å². The zero-order chi connectivity index (χ0) is 89.0. The van der Waals surface area contributed by atoms with Crippen molar-refractivity contribution >= 4 is 187 Å². The van der Waals surface area contributed by atoms with Crippen molar-refractivity contribution in [3.8, 4) is 53.3 Å². The molecule has 0 spiro atoms. The summed E-state index contributed by atoms with van der Waals surface area (Å²) in [6.45, 7) is 21.7. The third kappa shape index (κ3) is 30.5. The lowest BCUT2D eigenvalue weighted by atomic mass is 10.1. The van der Waals surface area contributed by atoms with Crippen molar-refractivity contribution in [1.82, 2.24) is 40.5 Å². The fourth-order valence-electron chi connectivity index (χ4n) is 10.0. The van der Waals surface area contributed by atoms with E-state index in [1.165, 1.54) is 76.3 Å². The molecule has 0 saturated carbocycles. The van der Waals surface area contributed by atoms with Crippen LogP contribution in [0.3, 0.4) is 0 Å². The van der Waals surface area contributed by atoms with Crippen LogP contribution in [0, 0.1) is 66.4 Å². The van der Waals surface area contributed by atoms with Crippen LogP contribution in [0.4, 0.5) is 96.1 Å². The standard InChI is InChI=1S/C28H32ClN6O6P.C23H24ClN6O4P.C19H18BrClN5O4P.C9H15NO2/c1-28(2,3)41-27(36)30-14-10-9-11-18-15-23(40-4)21(16-22(18)35(37)38)33-26-31-17-19(29)25(34-26)32-20-12-7-8-13-24(20)42(5,6)39;1-34-20-12-15(8-6-7-11-25)19(30(31)32)13-18(20)28-23-26-14-16(24)22(29-23)27-17-9-4-5-10-21(17)35(2,3)33;1-30-16-8-11(20)15(26(27)28)9-14(16)24-19-22-10-12(21)18(25-19)23-13-6-4-5-7-17(13)31(2,3)29;1-5-6-7-10-8(11)12-9(2,3)4/h7-8,12-13,15-17H,10,14H2,1-6H3,(H,30,36)(H2,31,32,33,34);4-5,9-10,12-14H,7,11,25H2,1-3H3,(H2,26,27,28,29);4-10H,1-3H3,(H2,22,23,24,25);1H,6-7H2,2-4H3,(H,10,11). The van der Waals surface area contributed by atoms with Gasteiger partial charge in [0.05, 0.1) is 93.3 Å². The fraction of sp³-hybridized carbons (Fsp3) is 0.291. The van der Waals surface area contributed by atoms with E-state index in [2.05, 4.69) is 118 Å². The molecule has 41 heteroatoms. The molecule has 9 aromatic rings. The molecule has 0 aliphatic carbocycles. The minimum atomic E-state index is -2.61. The number of nitrogens with two attached hydrogens (primary N) is 1. The highest BCUT2D eigenvalue weighted by molar-refractivity contribution is 9.10. The summed E-state index contributed by atoms with van der Waals surface area (Å²) in [6.07, 6.45) is 9.31. The van der Waals surface area contributed by atoms with Gasteiger partial charge in [0.25, 0.3) is 17.1 Å².